The second-order valence-electron chi connectivity index (χ2n) is 5.31. The highest BCUT2D eigenvalue weighted by Crippen LogP contribution is 2.18. The molecule has 2 rings (SSSR count). The first-order chi connectivity index (χ1) is 10.4. The number of likely N-dealkylation sites (tertiary alicyclic amines) is 1. The zero-order chi connectivity index (χ0) is 16.2. The number of rotatable bonds is 7. The van der Waals surface area contributed by atoms with E-state index in [9.17, 15) is 17.9 Å². The van der Waals surface area contributed by atoms with Crippen LogP contribution in [0.4, 0.5) is 4.39 Å². The van der Waals surface area contributed by atoms with Crippen LogP contribution in [-0.4, -0.2) is 63.1 Å². The van der Waals surface area contributed by atoms with E-state index in [1.165, 1.54) is 19.2 Å². The fourth-order valence-electron chi connectivity index (χ4n) is 2.48. The van der Waals surface area contributed by atoms with Crippen LogP contribution >= 0.6 is 0 Å². The summed E-state index contributed by atoms with van der Waals surface area (Å²) in [7, 11) is -1.88. The molecule has 6 nitrogen and oxygen atoms in total. The number of hydrogen-bond donors (Lipinski definition) is 2. The quantitative estimate of drug-likeness (QED) is 0.745. The Morgan fingerprint density at radius 2 is 2.23 bits per heavy atom. The number of sulfonamides is 1. The molecule has 0 aromatic heterocycles. The number of nitrogens with zero attached hydrogens (tertiary/aromatic N) is 1. The summed E-state index contributed by atoms with van der Waals surface area (Å²) >= 11 is 0. The van der Waals surface area contributed by atoms with Crippen molar-refractivity contribution in [3.63, 3.8) is 0 Å². The summed E-state index contributed by atoms with van der Waals surface area (Å²) < 4.78 is 44.4. The van der Waals surface area contributed by atoms with E-state index in [0.717, 1.165) is 0 Å². The number of para-hydroxylation sites is 1. The minimum atomic E-state index is -3.28. The summed E-state index contributed by atoms with van der Waals surface area (Å²) in [6.07, 6.45) is -0.278. The predicted molar refractivity (Wildman–Crippen MR) is 80.7 cm³/mol. The lowest BCUT2D eigenvalue weighted by Crippen LogP contribution is -2.38. The van der Waals surface area contributed by atoms with Crippen LogP contribution in [0, 0.1) is 5.82 Å². The molecule has 0 saturated carbocycles. The summed E-state index contributed by atoms with van der Waals surface area (Å²) in [4.78, 5) is 1.87. The van der Waals surface area contributed by atoms with E-state index in [4.69, 9.17) is 4.74 Å². The van der Waals surface area contributed by atoms with Crippen molar-refractivity contribution in [1.29, 1.82) is 0 Å². The van der Waals surface area contributed by atoms with Gasteiger partial charge in [0.2, 0.25) is 10.0 Å². The van der Waals surface area contributed by atoms with Gasteiger partial charge in [0.15, 0.2) is 11.6 Å². The van der Waals surface area contributed by atoms with Crippen molar-refractivity contribution in [2.75, 3.05) is 33.3 Å². The fraction of sp³-hybridized carbons (Fsp3) is 0.571. The fourth-order valence-corrected chi connectivity index (χ4v) is 3.64. The molecular weight excluding hydrogens is 311 g/mol. The Labute approximate surface area is 129 Å². The molecule has 1 saturated heterocycles. The van der Waals surface area contributed by atoms with Gasteiger partial charge in [0.25, 0.3) is 0 Å². The normalized spacial score (nSPS) is 21.0. The van der Waals surface area contributed by atoms with Crippen molar-refractivity contribution < 1.29 is 22.7 Å². The average molecular weight is 332 g/mol. The Balaban J connectivity index is 1.79. The summed E-state index contributed by atoms with van der Waals surface area (Å²) in [5, 5.41) is 9.49. The first-order valence-corrected chi connectivity index (χ1v) is 8.67. The molecule has 1 heterocycles. The Kier molecular flexibility index (Phi) is 5.74. The highest BCUT2D eigenvalue weighted by Gasteiger charge is 2.32. The number of benzene rings is 1. The molecule has 0 radical (unpaired) electrons. The molecule has 0 bridgehead atoms. The third-order valence-electron chi connectivity index (χ3n) is 3.69. The molecular formula is C14H21FN2O4S. The van der Waals surface area contributed by atoms with E-state index in [2.05, 4.69) is 4.72 Å². The third-order valence-corrected chi connectivity index (χ3v) is 5.52. The first-order valence-electron chi connectivity index (χ1n) is 7.12. The van der Waals surface area contributed by atoms with Gasteiger partial charge in [-0.2, -0.15) is 0 Å². The molecule has 1 fully saturated rings. The highest BCUT2D eigenvalue weighted by molar-refractivity contribution is 7.90. The second kappa shape index (κ2) is 7.36. The topological polar surface area (TPSA) is 78.9 Å². The molecule has 0 amide bonds. The largest absolute Gasteiger partial charge is 0.488 e. The number of nitrogens with one attached hydrogen (secondary N) is 1. The van der Waals surface area contributed by atoms with Gasteiger partial charge in [-0.1, -0.05) is 12.1 Å². The summed E-state index contributed by atoms with van der Waals surface area (Å²) in [6, 6.07) is 5.99. The van der Waals surface area contributed by atoms with Crippen LogP contribution in [0.1, 0.15) is 6.42 Å². The van der Waals surface area contributed by atoms with E-state index >= 15 is 0 Å². The molecule has 8 heteroatoms. The van der Waals surface area contributed by atoms with Gasteiger partial charge in [0.1, 0.15) is 12.7 Å². The maximum Gasteiger partial charge on any atom is 0.215 e. The molecule has 2 N–H and O–H groups in total. The van der Waals surface area contributed by atoms with Gasteiger partial charge in [-0.25, -0.2) is 17.5 Å². The lowest BCUT2D eigenvalue weighted by molar-refractivity contribution is 0.0743. The third kappa shape index (κ3) is 4.39. The van der Waals surface area contributed by atoms with Gasteiger partial charge in [-0.05, 0) is 32.1 Å². The molecule has 1 aromatic carbocycles. The second-order valence-corrected chi connectivity index (χ2v) is 7.48. The first kappa shape index (κ1) is 17.1. The zero-order valence-corrected chi connectivity index (χ0v) is 13.2. The molecule has 1 aliphatic rings. The predicted octanol–water partition coefficient (Wildman–Crippen LogP) is 0.189. The van der Waals surface area contributed by atoms with E-state index in [1.54, 1.807) is 12.1 Å². The minimum absolute atomic E-state index is 0.0408. The van der Waals surface area contributed by atoms with Crippen LogP contribution in [0.15, 0.2) is 24.3 Å². The van der Waals surface area contributed by atoms with E-state index in [0.29, 0.717) is 26.1 Å². The smallest absolute Gasteiger partial charge is 0.215 e. The SMILES string of the molecule is CNS(=O)(=O)C1CCN(CC(O)COc2ccccc2F)C1. The number of aliphatic hydroxyl groups excluding tert-OH is 1. The molecule has 0 spiro atoms. The minimum Gasteiger partial charge on any atom is -0.488 e. The highest BCUT2D eigenvalue weighted by atomic mass is 32.2. The van der Waals surface area contributed by atoms with Crippen LogP contribution in [-0.2, 0) is 10.0 Å². The van der Waals surface area contributed by atoms with Crippen molar-refractivity contribution >= 4 is 10.0 Å². The van der Waals surface area contributed by atoms with Crippen LogP contribution in [0.5, 0.6) is 5.75 Å². The van der Waals surface area contributed by atoms with Crippen molar-refractivity contribution in [3.05, 3.63) is 30.1 Å². The molecule has 1 aliphatic heterocycles. The van der Waals surface area contributed by atoms with E-state index < -0.39 is 27.2 Å². The monoisotopic (exact) mass is 332 g/mol. The summed E-state index contributed by atoms with van der Waals surface area (Å²) in [5.41, 5.74) is 0. The number of halogens is 1. The molecule has 2 atom stereocenters. The number of hydrogen-bond acceptors (Lipinski definition) is 5. The summed E-state index contributed by atoms with van der Waals surface area (Å²) in [6.45, 7) is 1.23. The van der Waals surface area contributed by atoms with Crippen molar-refractivity contribution in [3.8, 4) is 5.75 Å². The number of aliphatic hydroxyl groups is 1. The summed E-state index contributed by atoms with van der Waals surface area (Å²) in [5.74, 6) is -0.380. The maximum absolute atomic E-state index is 13.4. The maximum atomic E-state index is 13.4. The van der Waals surface area contributed by atoms with Gasteiger partial charge < -0.3 is 9.84 Å². The Morgan fingerprint density at radius 3 is 2.91 bits per heavy atom. The van der Waals surface area contributed by atoms with Gasteiger partial charge in [-0.15, -0.1) is 0 Å². The van der Waals surface area contributed by atoms with Crippen LogP contribution in [0.2, 0.25) is 0 Å². The number of ether oxygens (including phenoxy) is 1. The van der Waals surface area contributed by atoms with Crippen LogP contribution in [0.25, 0.3) is 0 Å². The van der Waals surface area contributed by atoms with Crippen molar-refractivity contribution in [2.24, 2.45) is 0 Å². The van der Waals surface area contributed by atoms with Crippen LogP contribution < -0.4 is 9.46 Å². The average Bonchev–Trinajstić information content (AvgIpc) is 2.95. The lowest BCUT2D eigenvalue weighted by Gasteiger charge is -2.20. The Morgan fingerprint density at radius 1 is 1.50 bits per heavy atom. The molecule has 0 aliphatic carbocycles. The molecule has 124 valence electrons. The van der Waals surface area contributed by atoms with Crippen LogP contribution in [0.3, 0.4) is 0 Å². The van der Waals surface area contributed by atoms with Gasteiger partial charge in [-0.3, -0.25) is 4.90 Å². The molecule has 1 aromatic rings. The van der Waals surface area contributed by atoms with Crippen molar-refractivity contribution in [1.82, 2.24) is 9.62 Å². The Hall–Kier alpha value is -1.22. The van der Waals surface area contributed by atoms with Gasteiger partial charge in [0.05, 0.1) is 5.25 Å². The standard InChI is InChI=1S/C14H21FN2O4S/c1-16-22(19,20)12-6-7-17(9-12)8-11(18)10-21-14-5-3-2-4-13(14)15/h2-5,11-12,16,18H,6-10H2,1H3. The van der Waals surface area contributed by atoms with Crippen molar-refractivity contribution in [2.45, 2.75) is 17.8 Å². The van der Waals surface area contributed by atoms with E-state index in [-0.39, 0.29) is 12.4 Å². The lowest BCUT2D eigenvalue weighted by atomic mass is 10.3. The van der Waals surface area contributed by atoms with Gasteiger partial charge >= 0.3 is 0 Å². The van der Waals surface area contributed by atoms with E-state index in [1.807, 2.05) is 4.90 Å². The molecule has 2 unspecified atom stereocenters. The van der Waals surface area contributed by atoms with Gasteiger partial charge in [0, 0.05) is 13.1 Å². The number of β-amino-alcohol motifs (C(OH)–C–C–N with tert-alkyl or cyclic N) is 1. The Bertz CT molecular complexity index is 596. The molecule has 22 heavy (non-hydrogen) atoms. The zero-order valence-electron chi connectivity index (χ0n) is 12.4.